The van der Waals surface area contributed by atoms with Crippen molar-refractivity contribution in [1.29, 1.82) is 0 Å². The number of rotatable bonds is 4. The fourth-order valence-corrected chi connectivity index (χ4v) is 4.07. The number of pyridine rings is 2. The number of hydrogen-bond donors (Lipinski definition) is 0. The molecule has 2 fully saturated rings. The van der Waals surface area contributed by atoms with Crippen LogP contribution in [0.25, 0.3) is 22.3 Å². The molecule has 0 saturated carbocycles. The average molecular weight is 395 g/mol. The third-order valence-electron chi connectivity index (χ3n) is 5.57. The summed E-state index contributed by atoms with van der Waals surface area (Å²) in [4.78, 5) is 11.9. The van der Waals surface area contributed by atoms with Gasteiger partial charge >= 0.3 is 0 Å². The van der Waals surface area contributed by atoms with Crippen LogP contribution in [0.2, 0.25) is 0 Å². The number of fused-ring (bicyclic) bond motifs is 1. The van der Waals surface area contributed by atoms with Crippen LogP contribution in [0.4, 0.5) is 5.82 Å². The summed E-state index contributed by atoms with van der Waals surface area (Å²) in [7, 11) is 1.69. The van der Waals surface area contributed by atoms with Crippen LogP contribution in [-0.4, -0.2) is 59.8 Å². The Morgan fingerprint density at radius 3 is 2.79 bits per heavy atom. The van der Waals surface area contributed by atoms with Gasteiger partial charge < -0.3 is 19.1 Å². The number of ether oxygens (including phenoxy) is 3. The van der Waals surface area contributed by atoms with Gasteiger partial charge in [-0.1, -0.05) is 0 Å². The van der Waals surface area contributed by atoms with E-state index in [1.807, 2.05) is 22.9 Å². The Balaban J connectivity index is 1.64. The molecule has 5 heterocycles. The fraction of sp³-hybridized carbons (Fsp3) is 0.476. The number of anilines is 1. The minimum atomic E-state index is -0.0601. The van der Waals surface area contributed by atoms with E-state index in [-0.39, 0.29) is 6.23 Å². The Kier molecular flexibility index (Phi) is 5.03. The van der Waals surface area contributed by atoms with Crippen molar-refractivity contribution < 1.29 is 14.2 Å². The van der Waals surface area contributed by atoms with E-state index in [1.54, 1.807) is 19.5 Å². The van der Waals surface area contributed by atoms with Crippen molar-refractivity contribution in [2.45, 2.75) is 25.5 Å². The van der Waals surface area contributed by atoms with Crippen LogP contribution in [0.3, 0.4) is 0 Å². The van der Waals surface area contributed by atoms with Gasteiger partial charge in [-0.3, -0.25) is 4.98 Å². The number of hydrogen-bond acceptors (Lipinski definition) is 7. The van der Waals surface area contributed by atoms with Gasteiger partial charge in [0.2, 0.25) is 0 Å². The van der Waals surface area contributed by atoms with Gasteiger partial charge in [0.05, 0.1) is 26.0 Å². The predicted molar refractivity (Wildman–Crippen MR) is 109 cm³/mol. The molecular formula is C21H25N5O3. The molecule has 1 atom stereocenters. The fourth-order valence-electron chi connectivity index (χ4n) is 4.07. The van der Waals surface area contributed by atoms with Crippen molar-refractivity contribution >= 4 is 16.7 Å². The Bertz CT molecular complexity index is 993. The zero-order valence-electron chi connectivity index (χ0n) is 16.6. The number of methoxy groups -OCH3 is 1. The Morgan fingerprint density at radius 2 is 2.00 bits per heavy atom. The maximum absolute atomic E-state index is 5.97. The van der Waals surface area contributed by atoms with Gasteiger partial charge in [0.1, 0.15) is 22.8 Å². The normalized spacial score (nSPS) is 20.2. The molecule has 5 rings (SSSR count). The molecule has 2 saturated heterocycles. The van der Waals surface area contributed by atoms with E-state index < -0.39 is 0 Å². The lowest BCUT2D eigenvalue weighted by molar-refractivity contribution is -0.0383. The number of aromatic nitrogens is 4. The van der Waals surface area contributed by atoms with E-state index in [9.17, 15) is 0 Å². The summed E-state index contributed by atoms with van der Waals surface area (Å²) in [5.41, 5.74) is 2.52. The Hall–Kier alpha value is -2.71. The third-order valence-corrected chi connectivity index (χ3v) is 5.57. The molecule has 0 radical (unpaired) electrons. The molecule has 0 spiro atoms. The SMILES string of the molecule is COc1cc(N2CCOCC2)nc2c(-c3ccnn3C3CCCCO3)nccc12. The molecule has 3 aromatic heterocycles. The van der Waals surface area contributed by atoms with Gasteiger partial charge in [-0.25, -0.2) is 9.67 Å². The maximum atomic E-state index is 5.97. The van der Waals surface area contributed by atoms with Crippen LogP contribution >= 0.6 is 0 Å². The Labute approximate surface area is 169 Å². The van der Waals surface area contributed by atoms with Gasteiger partial charge in [0.25, 0.3) is 0 Å². The van der Waals surface area contributed by atoms with Crippen LogP contribution < -0.4 is 9.64 Å². The second-order valence-electron chi connectivity index (χ2n) is 7.32. The van der Waals surface area contributed by atoms with Gasteiger partial charge in [0, 0.05) is 43.5 Å². The molecule has 0 aliphatic carbocycles. The highest BCUT2D eigenvalue weighted by molar-refractivity contribution is 5.95. The summed E-state index contributed by atoms with van der Waals surface area (Å²) in [5, 5.41) is 5.48. The molecular weight excluding hydrogens is 370 g/mol. The monoisotopic (exact) mass is 395 g/mol. The van der Waals surface area contributed by atoms with Gasteiger partial charge in [-0.15, -0.1) is 0 Å². The van der Waals surface area contributed by atoms with Crippen molar-refractivity contribution in [3.8, 4) is 17.1 Å². The van der Waals surface area contributed by atoms with Crippen molar-refractivity contribution in [1.82, 2.24) is 19.7 Å². The molecule has 0 amide bonds. The van der Waals surface area contributed by atoms with Gasteiger partial charge in [0.15, 0.2) is 6.23 Å². The van der Waals surface area contributed by atoms with E-state index in [2.05, 4.69) is 15.0 Å². The van der Waals surface area contributed by atoms with Crippen molar-refractivity contribution in [3.63, 3.8) is 0 Å². The summed E-state index contributed by atoms with van der Waals surface area (Å²) in [5.74, 6) is 1.67. The molecule has 0 N–H and O–H groups in total. The lowest BCUT2D eigenvalue weighted by Gasteiger charge is -2.28. The van der Waals surface area contributed by atoms with Crippen LogP contribution in [-0.2, 0) is 9.47 Å². The highest BCUT2D eigenvalue weighted by atomic mass is 16.5. The predicted octanol–water partition coefficient (Wildman–Crippen LogP) is 3.04. The summed E-state index contributed by atoms with van der Waals surface area (Å²) in [6.07, 6.45) is 6.73. The number of nitrogens with zero attached hydrogens (tertiary/aromatic N) is 5. The average Bonchev–Trinajstić information content (AvgIpc) is 3.29. The van der Waals surface area contributed by atoms with E-state index in [1.165, 1.54) is 0 Å². The van der Waals surface area contributed by atoms with Crippen molar-refractivity contribution in [2.24, 2.45) is 0 Å². The van der Waals surface area contributed by atoms with Crippen LogP contribution in [0.15, 0.2) is 30.6 Å². The molecule has 0 aromatic carbocycles. The smallest absolute Gasteiger partial charge is 0.150 e. The molecule has 2 aliphatic rings. The second kappa shape index (κ2) is 7.96. The first kappa shape index (κ1) is 18.3. The van der Waals surface area contributed by atoms with Crippen LogP contribution in [0.5, 0.6) is 5.75 Å². The highest BCUT2D eigenvalue weighted by Gasteiger charge is 2.23. The largest absolute Gasteiger partial charge is 0.496 e. The highest BCUT2D eigenvalue weighted by Crippen LogP contribution is 2.35. The molecule has 3 aromatic rings. The first-order valence-electron chi connectivity index (χ1n) is 10.2. The van der Waals surface area contributed by atoms with E-state index in [4.69, 9.17) is 19.2 Å². The quantitative estimate of drug-likeness (QED) is 0.672. The Morgan fingerprint density at radius 1 is 1.10 bits per heavy atom. The van der Waals surface area contributed by atoms with Gasteiger partial charge in [-0.05, 0) is 31.4 Å². The summed E-state index contributed by atoms with van der Waals surface area (Å²) < 4.78 is 19.1. The molecule has 8 heteroatoms. The molecule has 8 nitrogen and oxygen atoms in total. The third kappa shape index (κ3) is 3.42. The number of morpholine rings is 1. The lowest BCUT2D eigenvalue weighted by Crippen LogP contribution is -2.36. The van der Waals surface area contributed by atoms with E-state index >= 15 is 0 Å². The topological polar surface area (TPSA) is 74.5 Å². The minimum absolute atomic E-state index is 0.0601. The molecule has 1 unspecified atom stereocenters. The van der Waals surface area contributed by atoms with Crippen molar-refractivity contribution in [2.75, 3.05) is 44.9 Å². The first-order chi connectivity index (χ1) is 14.3. The van der Waals surface area contributed by atoms with Crippen LogP contribution in [0.1, 0.15) is 25.5 Å². The summed E-state index contributed by atoms with van der Waals surface area (Å²) >= 11 is 0. The van der Waals surface area contributed by atoms with E-state index in [0.29, 0.717) is 13.2 Å². The summed E-state index contributed by atoms with van der Waals surface area (Å²) in [6.45, 7) is 3.79. The molecule has 29 heavy (non-hydrogen) atoms. The zero-order valence-corrected chi connectivity index (χ0v) is 16.6. The van der Waals surface area contributed by atoms with Crippen molar-refractivity contribution in [3.05, 3.63) is 30.6 Å². The second-order valence-corrected chi connectivity index (χ2v) is 7.32. The first-order valence-corrected chi connectivity index (χ1v) is 10.2. The molecule has 0 bridgehead atoms. The molecule has 2 aliphatic heterocycles. The standard InChI is InChI=1S/C21H25N5O3/c1-27-17-14-18(25-9-12-28-13-10-25)24-20-15(17)5-7-22-21(20)16-6-8-23-26(16)19-4-2-3-11-29-19/h5-8,14,19H,2-4,9-13H2,1H3. The summed E-state index contributed by atoms with van der Waals surface area (Å²) in [6, 6.07) is 5.93. The zero-order chi connectivity index (χ0) is 19.6. The van der Waals surface area contributed by atoms with E-state index in [0.717, 1.165) is 72.8 Å². The van der Waals surface area contributed by atoms with Crippen LogP contribution in [0, 0.1) is 0 Å². The molecule has 152 valence electrons. The van der Waals surface area contributed by atoms with Gasteiger partial charge in [-0.2, -0.15) is 5.10 Å². The maximum Gasteiger partial charge on any atom is 0.150 e. The lowest BCUT2D eigenvalue weighted by atomic mass is 10.1. The minimum Gasteiger partial charge on any atom is -0.496 e.